The summed E-state index contributed by atoms with van der Waals surface area (Å²) in [7, 11) is 0. The first kappa shape index (κ1) is 13.3. The fourth-order valence-corrected chi connectivity index (χ4v) is 1.75. The van der Waals surface area contributed by atoms with Gasteiger partial charge in [0.2, 0.25) is 17.6 Å². The molecule has 2 rings (SSSR count). The number of nitrogens with one attached hydrogen (secondary N) is 1. The van der Waals surface area contributed by atoms with E-state index in [0.29, 0.717) is 37.5 Å². The number of carbonyl (C=O) groups is 1. The topological polar surface area (TPSA) is 68.0 Å². The second-order valence-corrected chi connectivity index (χ2v) is 4.18. The van der Waals surface area contributed by atoms with E-state index >= 15 is 0 Å². The summed E-state index contributed by atoms with van der Waals surface area (Å²) in [6.07, 6.45) is 1.82. The molecule has 0 radical (unpaired) electrons. The number of hydrogen-bond acceptors (Lipinski definition) is 4. The van der Waals surface area contributed by atoms with Crippen molar-refractivity contribution in [3.8, 4) is 11.4 Å². The van der Waals surface area contributed by atoms with Crippen LogP contribution in [0.2, 0.25) is 0 Å². The number of nitrogens with zero attached hydrogens (tertiary/aromatic N) is 2. The first-order chi connectivity index (χ1) is 9.29. The van der Waals surface area contributed by atoms with Crippen LogP contribution in [0.15, 0.2) is 34.9 Å². The summed E-state index contributed by atoms with van der Waals surface area (Å²) in [5.41, 5.74) is 0.932. The Morgan fingerprint density at radius 3 is 2.84 bits per heavy atom. The third kappa shape index (κ3) is 3.91. The summed E-state index contributed by atoms with van der Waals surface area (Å²) in [6.45, 7) is 2.57. The molecule has 0 aliphatic carbocycles. The van der Waals surface area contributed by atoms with Crippen LogP contribution >= 0.6 is 0 Å². The van der Waals surface area contributed by atoms with Gasteiger partial charge >= 0.3 is 0 Å². The van der Waals surface area contributed by atoms with Gasteiger partial charge in [-0.3, -0.25) is 4.79 Å². The van der Waals surface area contributed by atoms with Crippen LogP contribution < -0.4 is 5.32 Å². The van der Waals surface area contributed by atoms with Crippen LogP contribution in [0.4, 0.5) is 0 Å². The van der Waals surface area contributed by atoms with Gasteiger partial charge in [-0.15, -0.1) is 0 Å². The van der Waals surface area contributed by atoms with Gasteiger partial charge in [0.25, 0.3) is 0 Å². The van der Waals surface area contributed by atoms with Crippen LogP contribution in [0.5, 0.6) is 0 Å². The highest BCUT2D eigenvalue weighted by Gasteiger charge is 2.08. The first-order valence-electron chi connectivity index (χ1n) is 6.44. The lowest BCUT2D eigenvalue weighted by molar-refractivity contribution is -0.121. The number of amides is 1. The van der Waals surface area contributed by atoms with Gasteiger partial charge < -0.3 is 9.84 Å². The van der Waals surface area contributed by atoms with E-state index in [1.807, 2.05) is 37.3 Å². The average Bonchev–Trinajstić information content (AvgIpc) is 2.89. The standard InChI is InChI=1S/C14H17N3O2/c1-2-15-12(18)9-6-10-13-16-14(17-19-13)11-7-4-3-5-8-11/h3-5,7-8H,2,6,9-10H2,1H3,(H,15,18). The Morgan fingerprint density at radius 1 is 1.32 bits per heavy atom. The van der Waals surface area contributed by atoms with E-state index < -0.39 is 0 Å². The van der Waals surface area contributed by atoms with Gasteiger partial charge in [0.1, 0.15) is 0 Å². The first-order valence-corrected chi connectivity index (χ1v) is 6.44. The number of rotatable bonds is 6. The van der Waals surface area contributed by atoms with E-state index in [9.17, 15) is 4.79 Å². The Morgan fingerprint density at radius 2 is 2.11 bits per heavy atom. The molecule has 0 aliphatic heterocycles. The van der Waals surface area contributed by atoms with E-state index in [1.165, 1.54) is 0 Å². The molecule has 1 N–H and O–H groups in total. The number of benzene rings is 1. The van der Waals surface area contributed by atoms with Crippen molar-refractivity contribution < 1.29 is 9.32 Å². The minimum atomic E-state index is 0.0605. The summed E-state index contributed by atoms with van der Waals surface area (Å²) < 4.78 is 5.17. The molecule has 0 fully saturated rings. The largest absolute Gasteiger partial charge is 0.356 e. The molecule has 0 atom stereocenters. The highest BCUT2D eigenvalue weighted by molar-refractivity contribution is 5.75. The molecule has 19 heavy (non-hydrogen) atoms. The fraction of sp³-hybridized carbons (Fsp3) is 0.357. The maximum absolute atomic E-state index is 11.3. The second kappa shape index (κ2) is 6.68. The van der Waals surface area contributed by atoms with Crippen molar-refractivity contribution >= 4 is 5.91 Å². The number of aromatic nitrogens is 2. The molecule has 5 heteroatoms. The van der Waals surface area contributed by atoms with Crippen molar-refractivity contribution in [2.24, 2.45) is 0 Å². The van der Waals surface area contributed by atoms with Gasteiger partial charge in [-0.25, -0.2) is 0 Å². The van der Waals surface area contributed by atoms with Gasteiger partial charge in [0, 0.05) is 24.9 Å². The minimum absolute atomic E-state index is 0.0605. The van der Waals surface area contributed by atoms with Crippen LogP contribution in [0.25, 0.3) is 11.4 Å². The van der Waals surface area contributed by atoms with E-state index in [2.05, 4.69) is 15.5 Å². The van der Waals surface area contributed by atoms with Crippen LogP contribution in [0.1, 0.15) is 25.7 Å². The predicted molar refractivity (Wildman–Crippen MR) is 71.4 cm³/mol. The van der Waals surface area contributed by atoms with E-state index in [0.717, 1.165) is 5.56 Å². The lowest BCUT2D eigenvalue weighted by atomic mass is 10.2. The number of hydrogen-bond donors (Lipinski definition) is 1. The Labute approximate surface area is 112 Å². The van der Waals surface area contributed by atoms with Crippen LogP contribution in [-0.4, -0.2) is 22.6 Å². The van der Waals surface area contributed by atoms with Crippen LogP contribution in [0, 0.1) is 0 Å². The van der Waals surface area contributed by atoms with E-state index in [4.69, 9.17) is 4.52 Å². The Balaban J connectivity index is 1.86. The maximum Gasteiger partial charge on any atom is 0.226 e. The van der Waals surface area contributed by atoms with Gasteiger partial charge in [-0.2, -0.15) is 4.98 Å². The highest BCUT2D eigenvalue weighted by atomic mass is 16.5. The van der Waals surface area contributed by atoms with Crippen LogP contribution in [0.3, 0.4) is 0 Å². The third-order valence-electron chi connectivity index (χ3n) is 2.67. The number of carbonyl (C=O) groups excluding carboxylic acids is 1. The molecule has 0 bridgehead atoms. The van der Waals surface area contributed by atoms with Crippen LogP contribution in [-0.2, 0) is 11.2 Å². The highest BCUT2D eigenvalue weighted by Crippen LogP contribution is 2.15. The molecular formula is C14H17N3O2. The summed E-state index contributed by atoms with van der Waals surface area (Å²) in [5.74, 6) is 1.22. The summed E-state index contributed by atoms with van der Waals surface area (Å²) in [5, 5.41) is 6.69. The summed E-state index contributed by atoms with van der Waals surface area (Å²) in [4.78, 5) is 15.6. The van der Waals surface area contributed by atoms with E-state index in [-0.39, 0.29) is 5.91 Å². The van der Waals surface area contributed by atoms with Gasteiger partial charge in [-0.05, 0) is 13.3 Å². The molecule has 0 saturated heterocycles. The normalized spacial score (nSPS) is 10.4. The van der Waals surface area contributed by atoms with Crippen molar-refractivity contribution in [3.05, 3.63) is 36.2 Å². The minimum Gasteiger partial charge on any atom is -0.356 e. The molecule has 0 spiro atoms. The fourth-order valence-electron chi connectivity index (χ4n) is 1.75. The van der Waals surface area contributed by atoms with Crippen molar-refractivity contribution in [3.63, 3.8) is 0 Å². The summed E-state index contributed by atoms with van der Waals surface area (Å²) in [6, 6.07) is 9.67. The Bertz CT molecular complexity index is 522. The van der Waals surface area contributed by atoms with Crippen molar-refractivity contribution in [2.75, 3.05) is 6.54 Å². The SMILES string of the molecule is CCNC(=O)CCCc1nc(-c2ccccc2)no1. The average molecular weight is 259 g/mol. The summed E-state index contributed by atoms with van der Waals surface area (Å²) >= 11 is 0. The monoisotopic (exact) mass is 259 g/mol. The second-order valence-electron chi connectivity index (χ2n) is 4.18. The van der Waals surface area contributed by atoms with Gasteiger partial charge in [0.15, 0.2) is 0 Å². The molecule has 0 aliphatic rings. The molecule has 100 valence electrons. The van der Waals surface area contributed by atoms with Gasteiger partial charge in [-0.1, -0.05) is 35.5 Å². The number of aryl methyl sites for hydroxylation is 1. The molecule has 1 aromatic carbocycles. The Kier molecular flexibility index (Phi) is 4.66. The smallest absolute Gasteiger partial charge is 0.226 e. The lowest BCUT2D eigenvalue weighted by Gasteiger charge is -1.99. The molecule has 1 amide bonds. The van der Waals surface area contributed by atoms with E-state index in [1.54, 1.807) is 0 Å². The van der Waals surface area contributed by atoms with Crippen molar-refractivity contribution in [1.29, 1.82) is 0 Å². The maximum atomic E-state index is 11.3. The third-order valence-corrected chi connectivity index (χ3v) is 2.67. The lowest BCUT2D eigenvalue weighted by Crippen LogP contribution is -2.22. The Hall–Kier alpha value is -2.17. The molecule has 1 aromatic heterocycles. The molecule has 5 nitrogen and oxygen atoms in total. The zero-order valence-corrected chi connectivity index (χ0v) is 10.9. The molecule has 0 unspecified atom stereocenters. The molecular weight excluding hydrogens is 242 g/mol. The molecule has 2 aromatic rings. The predicted octanol–water partition coefficient (Wildman–Crippen LogP) is 2.20. The molecule has 0 saturated carbocycles. The van der Waals surface area contributed by atoms with Crippen molar-refractivity contribution in [2.45, 2.75) is 26.2 Å². The quantitative estimate of drug-likeness (QED) is 0.863. The zero-order chi connectivity index (χ0) is 13.5. The van der Waals surface area contributed by atoms with Gasteiger partial charge in [0.05, 0.1) is 0 Å². The zero-order valence-electron chi connectivity index (χ0n) is 10.9. The van der Waals surface area contributed by atoms with Crippen molar-refractivity contribution in [1.82, 2.24) is 15.5 Å². The molecule has 1 heterocycles.